The first kappa shape index (κ1) is 44.2. The molecule has 40 heavy (non-hydrogen) atoms. The Hall–Kier alpha value is 2.04. The number of rotatable bonds is 12. The van der Waals surface area contributed by atoms with E-state index in [0.29, 0.717) is 0 Å². The topological polar surface area (TPSA) is 0 Å². The third-order valence-corrected chi connectivity index (χ3v) is 10.1. The Kier molecular flexibility index (Phi) is 26.8. The maximum atomic E-state index is 5.64. The molecule has 0 amide bonds. The minimum atomic E-state index is 0. The fourth-order valence-corrected chi connectivity index (χ4v) is 5.72. The summed E-state index contributed by atoms with van der Waals surface area (Å²) in [6.45, 7) is 15.0. The van der Waals surface area contributed by atoms with Crippen LogP contribution in [0.1, 0.15) is 79.1 Å². The average molecular weight is 849 g/mol. The molecule has 12 heteroatoms. The molecule has 0 saturated heterocycles. The van der Waals surface area contributed by atoms with Crippen molar-refractivity contribution < 1.29 is 26.9 Å². The second kappa shape index (κ2) is 24.3. The van der Waals surface area contributed by atoms with Gasteiger partial charge in [0, 0.05) is 0 Å². The van der Waals surface area contributed by atoms with E-state index >= 15 is 0 Å². The van der Waals surface area contributed by atoms with E-state index < -0.39 is 0 Å². The fraction of sp³-hybridized carbons (Fsp3) is 0.571. The van der Waals surface area contributed by atoms with Crippen LogP contribution in [0.4, 0.5) is 0 Å². The molecule has 0 aromatic heterocycles. The summed E-state index contributed by atoms with van der Waals surface area (Å²) in [6.07, 6.45) is 11.1. The minimum Gasteiger partial charge on any atom is -0.324 e. The summed E-state index contributed by atoms with van der Waals surface area (Å²) in [5.41, 5.74) is 0. The number of quaternary nitrogens is 1. The van der Waals surface area contributed by atoms with Gasteiger partial charge in [-0.3, -0.25) is 0 Å². The molecule has 0 radical (unpaired) electrons. The first-order valence-electron chi connectivity index (χ1n) is 13.0. The molecule has 0 atom stereocenters. The van der Waals surface area contributed by atoms with E-state index in [2.05, 4.69) is 39.8 Å². The maximum absolute atomic E-state index is 5.64. The quantitative estimate of drug-likeness (QED) is 0.0656. The molecule has 0 heterocycles. The van der Waals surface area contributed by atoms with Crippen LogP contribution in [0.15, 0.2) is 0 Å². The van der Waals surface area contributed by atoms with Crippen molar-refractivity contribution in [2.24, 2.45) is 0 Å². The van der Waals surface area contributed by atoms with Crippen molar-refractivity contribution in [1.82, 2.24) is 0 Å². The molecule has 2 rings (SSSR count). The van der Waals surface area contributed by atoms with Crippen molar-refractivity contribution in [2.75, 3.05) is 26.2 Å². The first-order valence-corrected chi connectivity index (χ1v) is 16.8. The molecule has 0 unspecified atom stereocenters. The van der Waals surface area contributed by atoms with Gasteiger partial charge in [0.05, 0.1) is 26.2 Å². The van der Waals surface area contributed by atoms with Crippen LogP contribution in [-0.2, 0) is 22.4 Å². The Morgan fingerprint density at radius 1 is 0.400 bits per heavy atom. The van der Waals surface area contributed by atoms with Gasteiger partial charge in [0.15, 0.2) is 0 Å². The largest absolute Gasteiger partial charge is 1.00 e. The van der Waals surface area contributed by atoms with Crippen LogP contribution in [0.3, 0.4) is 0 Å². The molecule has 2 aromatic carbocycles. The van der Waals surface area contributed by atoms with E-state index in [4.69, 9.17) is 116 Å². The second-order valence-corrected chi connectivity index (χ2v) is 12.8. The molecule has 0 spiro atoms. The second-order valence-electron chi connectivity index (χ2n) is 9.04. The van der Waals surface area contributed by atoms with Crippen molar-refractivity contribution in [1.29, 1.82) is 0 Å². The van der Waals surface area contributed by atoms with Gasteiger partial charge >= 0.3 is 22.4 Å². The molecule has 0 aliphatic heterocycles. The molecule has 1 nitrogen and oxygen atoms in total. The first-order chi connectivity index (χ1) is 18.3. The summed E-state index contributed by atoms with van der Waals surface area (Å²) >= 11 is 56.0. The molecule has 0 fully saturated rings. The SMILES string of the molecule is CCCC[N+](CCCC)(CCCC)CCCC.Clc1[c-]c(Cl)c(Cl)c(Cl)c1Cl.Clc1[c-]c(Cl)c(Cl)c(Cl)c1Cl.[Ag+]. The molecule has 234 valence electrons. The summed E-state index contributed by atoms with van der Waals surface area (Å²) in [4.78, 5) is 0. The zero-order chi connectivity index (χ0) is 30.2. The van der Waals surface area contributed by atoms with Gasteiger partial charge in [0.1, 0.15) is 0 Å². The van der Waals surface area contributed by atoms with Gasteiger partial charge in [-0.15, -0.1) is 81.7 Å². The van der Waals surface area contributed by atoms with Crippen LogP contribution in [0.25, 0.3) is 0 Å². The maximum Gasteiger partial charge on any atom is 1.00 e. The Labute approximate surface area is 307 Å². The summed E-state index contributed by atoms with van der Waals surface area (Å²) in [7, 11) is 0. The summed E-state index contributed by atoms with van der Waals surface area (Å²) in [5.74, 6) is 0. The van der Waals surface area contributed by atoms with Crippen molar-refractivity contribution in [3.05, 3.63) is 62.4 Å². The number of halogens is 10. The molecule has 2 aromatic rings. The number of unbranched alkanes of at least 4 members (excludes halogenated alkanes) is 4. The monoisotopic (exact) mass is 843 g/mol. The van der Waals surface area contributed by atoms with Crippen molar-refractivity contribution >= 4 is 116 Å². The molecular weight excluding hydrogens is 813 g/mol. The standard InChI is InChI=1S/C16H36N.2C6Cl5.Ag/c1-5-9-13-17(14-10-6-2,15-11-7-3)16-12-8-4;2*7-2-1-3(8)5(10)6(11)4(2)9;/h5-16H2,1-4H3;;;/q+1;2*-1;+1. The van der Waals surface area contributed by atoms with Crippen molar-refractivity contribution in [3.63, 3.8) is 0 Å². The van der Waals surface area contributed by atoms with Crippen molar-refractivity contribution in [3.8, 4) is 0 Å². The van der Waals surface area contributed by atoms with Crippen LogP contribution >= 0.6 is 116 Å². The van der Waals surface area contributed by atoms with Gasteiger partial charge in [-0.1, -0.05) is 73.5 Å². The fourth-order valence-electron chi connectivity index (χ4n) is 3.64. The van der Waals surface area contributed by atoms with Gasteiger partial charge in [0.25, 0.3) is 0 Å². The molecule has 0 saturated carbocycles. The van der Waals surface area contributed by atoms with E-state index in [1.54, 1.807) is 0 Å². The van der Waals surface area contributed by atoms with Gasteiger partial charge in [0.2, 0.25) is 0 Å². The van der Waals surface area contributed by atoms with Crippen molar-refractivity contribution in [2.45, 2.75) is 79.1 Å². The average Bonchev–Trinajstić information content (AvgIpc) is 2.92. The van der Waals surface area contributed by atoms with Gasteiger partial charge in [-0.2, -0.15) is 46.4 Å². The van der Waals surface area contributed by atoms with E-state index in [9.17, 15) is 0 Å². The van der Waals surface area contributed by atoms with Crippen LogP contribution in [-0.4, -0.2) is 30.7 Å². The third-order valence-electron chi connectivity index (χ3n) is 5.92. The summed E-state index contributed by atoms with van der Waals surface area (Å²) in [5, 5.41) is 1.68. The smallest absolute Gasteiger partial charge is 0.324 e. The third kappa shape index (κ3) is 15.9. The molecule has 0 aliphatic rings. The van der Waals surface area contributed by atoms with Crippen LogP contribution in [0, 0.1) is 12.1 Å². The van der Waals surface area contributed by atoms with E-state index in [0.717, 1.165) is 0 Å². The Bertz CT molecular complexity index is 853. The van der Waals surface area contributed by atoms with Crippen LogP contribution in [0.5, 0.6) is 0 Å². The summed E-state index contributed by atoms with van der Waals surface area (Å²) < 4.78 is 1.42. The van der Waals surface area contributed by atoms with Crippen LogP contribution in [0.2, 0.25) is 50.2 Å². The molecular formula is C28H36AgCl10N. The number of hydrogen-bond acceptors (Lipinski definition) is 0. The minimum absolute atomic E-state index is 0. The van der Waals surface area contributed by atoms with E-state index in [1.165, 1.54) is 82.0 Å². The Morgan fingerprint density at radius 3 is 0.775 bits per heavy atom. The van der Waals surface area contributed by atoms with Gasteiger partial charge < -0.3 is 4.48 Å². The summed E-state index contributed by atoms with van der Waals surface area (Å²) in [6, 6.07) is 5.06. The number of benzene rings is 2. The van der Waals surface area contributed by atoms with Gasteiger partial charge in [-0.05, 0) is 55.8 Å². The number of hydrogen-bond donors (Lipinski definition) is 0. The number of nitrogens with zero attached hydrogens (tertiary/aromatic N) is 1. The molecule has 0 N–H and O–H groups in total. The normalized spacial score (nSPS) is 10.8. The van der Waals surface area contributed by atoms with E-state index in [1.807, 2.05) is 0 Å². The zero-order valence-corrected chi connectivity index (χ0v) is 32.1. The predicted molar refractivity (Wildman–Crippen MR) is 180 cm³/mol. The zero-order valence-electron chi connectivity index (χ0n) is 23.0. The van der Waals surface area contributed by atoms with Gasteiger partial charge in [-0.25, -0.2) is 0 Å². The molecule has 0 aliphatic carbocycles. The van der Waals surface area contributed by atoms with E-state index in [-0.39, 0.29) is 72.6 Å². The Morgan fingerprint density at radius 2 is 0.600 bits per heavy atom. The molecule has 0 bridgehead atoms. The van der Waals surface area contributed by atoms with Crippen LogP contribution < -0.4 is 0 Å². The Balaban J connectivity index is 0. The predicted octanol–water partition coefficient (Wildman–Crippen LogP) is 14.5.